The van der Waals surface area contributed by atoms with Crippen LogP contribution >= 0.6 is 0 Å². The molecule has 0 unspecified atom stereocenters. The van der Waals surface area contributed by atoms with Crippen LogP contribution in [0, 0.1) is 5.41 Å². The summed E-state index contributed by atoms with van der Waals surface area (Å²) in [5, 5.41) is 3.31. The van der Waals surface area contributed by atoms with Gasteiger partial charge in [-0.3, -0.25) is 0 Å². The van der Waals surface area contributed by atoms with Crippen molar-refractivity contribution in [3.8, 4) is 0 Å². The molecule has 0 amide bonds. The van der Waals surface area contributed by atoms with Gasteiger partial charge in [-0.15, -0.1) is 0 Å². The number of nitrogens with zero attached hydrogens (tertiary/aromatic N) is 2. The number of hydrogen-bond acceptors (Lipinski definition) is 4. The van der Waals surface area contributed by atoms with E-state index in [1.807, 2.05) is 0 Å². The smallest absolute Gasteiger partial charge is 0.135 e. The van der Waals surface area contributed by atoms with E-state index in [0.717, 1.165) is 24.6 Å². The zero-order chi connectivity index (χ0) is 13.1. The summed E-state index contributed by atoms with van der Waals surface area (Å²) >= 11 is 0. The molecule has 0 fully saturated rings. The van der Waals surface area contributed by atoms with Gasteiger partial charge in [0.25, 0.3) is 0 Å². The highest BCUT2D eigenvalue weighted by Gasteiger charge is 2.10. The lowest BCUT2D eigenvalue weighted by Crippen LogP contribution is -2.14. The van der Waals surface area contributed by atoms with E-state index in [-0.39, 0.29) is 0 Å². The monoisotopic (exact) mass is 236 g/mol. The Morgan fingerprint density at radius 2 is 1.94 bits per heavy atom. The van der Waals surface area contributed by atoms with E-state index >= 15 is 0 Å². The molecule has 4 nitrogen and oxygen atoms in total. The van der Waals surface area contributed by atoms with Crippen molar-refractivity contribution in [1.82, 2.24) is 9.97 Å². The molecule has 0 saturated carbocycles. The molecule has 1 rings (SSSR count). The lowest BCUT2D eigenvalue weighted by atomic mass is 9.92. The van der Waals surface area contributed by atoms with Crippen molar-refractivity contribution in [2.75, 3.05) is 17.6 Å². The number of nitrogens with two attached hydrogens (primary N) is 1. The van der Waals surface area contributed by atoms with Crippen LogP contribution in [0.3, 0.4) is 0 Å². The van der Waals surface area contributed by atoms with E-state index in [1.165, 1.54) is 0 Å². The Bertz CT molecular complexity index is 366. The van der Waals surface area contributed by atoms with Crippen molar-refractivity contribution in [2.45, 2.75) is 47.0 Å². The van der Waals surface area contributed by atoms with Crippen molar-refractivity contribution in [2.24, 2.45) is 5.41 Å². The number of nitrogen functional groups attached to an aromatic ring is 1. The Labute approximate surface area is 104 Å². The van der Waals surface area contributed by atoms with Gasteiger partial charge in [-0.05, 0) is 11.8 Å². The minimum absolute atomic E-state index is 0.293. The van der Waals surface area contributed by atoms with Crippen molar-refractivity contribution in [1.29, 1.82) is 0 Å². The van der Waals surface area contributed by atoms with Gasteiger partial charge in [0, 0.05) is 18.5 Å². The summed E-state index contributed by atoms with van der Waals surface area (Å²) in [5.41, 5.74) is 6.09. The van der Waals surface area contributed by atoms with Crippen LogP contribution in [-0.4, -0.2) is 16.5 Å². The third-order valence-corrected chi connectivity index (χ3v) is 2.46. The summed E-state index contributed by atoms with van der Waals surface area (Å²) in [6, 6.07) is 1.79. The van der Waals surface area contributed by atoms with E-state index < -0.39 is 0 Å². The van der Waals surface area contributed by atoms with E-state index in [9.17, 15) is 0 Å². The zero-order valence-electron chi connectivity index (χ0n) is 11.5. The van der Waals surface area contributed by atoms with Crippen LogP contribution in [0.2, 0.25) is 0 Å². The molecular weight excluding hydrogens is 212 g/mol. The highest BCUT2D eigenvalue weighted by atomic mass is 15.0. The first-order valence-electron chi connectivity index (χ1n) is 6.16. The summed E-state index contributed by atoms with van der Waals surface area (Å²) in [7, 11) is 0. The maximum Gasteiger partial charge on any atom is 0.135 e. The molecule has 1 aromatic heterocycles. The average molecular weight is 236 g/mol. The first kappa shape index (κ1) is 13.7. The molecule has 0 aliphatic carbocycles. The SMILES string of the molecule is CC(C)c1nc(N)cc(NCCC(C)(C)C)n1. The Morgan fingerprint density at radius 3 is 2.47 bits per heavy atom. The predicted molar refractivity (Wildman–Crippen MR) is 73.1 cm³/mol. The summed E-state index contributed by atoms with van der Waals surface area (Å²) in [6.45, 7) is 11.7. The molecule has 0 aromatic carbocycles. The lowest BCUT2D eigenvalue weighted by molar-refractivity contribution is 0.389. The van der Waals surface area contributed by atoms with E-state index in [4.69, 9.17) is 5.73 Å². The fraction of sp³-hybridized carbons (Fsp3) is 0.692. The van der Waals surface area contributed by atoms with Crippen LogP contribution < -0.4 is 11.1 Å². The summed E-state index contributed by atoms with van der Waals surface area (Å²) in [4.78, 5) is 8.67. The van der Waals surface area contributed by atoms with Gasteiger partial charge in [0.05, 0.1) is 0 Å². The van der Waals surface area contributed by atoms with Gasteiger partial charge in [-0.2, -0.15) is 0 Å². The maximum absolute atomic E-state index is 5.76. The maximum atomic E-state index is 5.76. The number of hydrogen-bond donors (Lipinski definition) is 2. The quantitative estimate of drug-likeness (QED) is 0.843. The van der Waals surface area contributed by atoms with Crippen LogP contribution in [-0.2, 0) is 0 Å². The molecule has 3 N–H and O–H groups in total. The van der Waals surface area contributed by atoms with Crippen LogP contribution in [0.1, 0.15) is 52.8 Å². The molecule has 0 radical (unpaired) electrons. The van der Waals surface area contributed by atoms with E-state index in [0.29, 0.717) is 17.2 Å². The van der Waals surface area contributed by atoms with Crippen LogP contribution in [0.15, 0.2) is 6.07 Å². The summed E-state index contributed by atoms with van der Waals surface area (Å²) < 4.78 is 0. The van der Waals surface area contributed by atoms with Gasteiger partial charge < -0.3 is 11.1 Å². The highest BCUT2D eigenvalue weighted by molar-refractivity contribution is 5.44. The highest BCUT2D eigenvalue weighted by Crippen LogP contribution is 2.19. The Morgan fingerprint density at radius 1 is 1.29 bits per heavy atom. The summed E-state index contributed by atoms with van der Waals surface area (Å²) in [5.74, 6) is 2.44. The number of anilines is 2. The molecule has 0 aliphatic rings. The minimum atomic E-state index is 0.293. The largest absolute Gasteiger partial charge is 0.384 e. The first-order valence-corrected chi connectivity index (χ1v) is 6.16. The van der Waals surface area contributed by atoms with Crippen molar-refractivity contribution in [3.63, 3.8) is 0 Å². The molecule has 1 heterocycles. The lowest BCUT2D eigenvalue weighted by Gasteiger charge is -2.18. The van der Waals surface area contributed by atoms with Crippen molar-refractivity contribution < 1.29 is 0 Å². The van der Waals surface area contributed by atoms with Gasteiger partial charge in [0.2, 0.25) is 0 Å². The van der Waals surface area contributed by atoms with Gasteiger partial charge in [-0.25, -0.2) is 9.97 Å². The summed E-state index contributed by atoms with van der Waals surface area (Å²) in [6.07, 6.45) is 1.09. The standard InChI is InChI=1S/C13H24N4/c1-9(2)12-16-10(14)8-11(17-12)15-7-6-13(3,4)5/h8-9H,6-7H2,1-5H3,(H3,14,15,16,17). The molecule has 0 atom stereocenters. The minimum Gasteiger partial charge on any atom is -0.384 e. The molecule has 4 heteroatoms. The normalized spacial score (nSPS) is 11.9. The van der Waals surface area contributed by atoms with Gasteiger partial charge in [0.1, 0.15) is 17.5 Å². The van der Waals surface area contributed by atoms with Crippen LogP contribution in [0.5, 0.6) is 0 Å². The molecule has 96 valence electrons. The second kappa shape index (κ2) is 5.34. The predicted octanol–water partition coefficient (Wildman–Crippen LogP) is 3.03. The third kappa shape index (κ3) is 5.02. The topological polar surface area (TPSA) is 63.8 Å². The van der Waals surface area contributed by atoms with E-state index in [2.05, 4.69) is 49.9 Å². The molecule has 0 saturated heterocycles. The van der Waals surface area contributed by atoms with Crippen LogP contribution in [0.25, 0.3) is 0 Å². The second-order valence-corrected chi connectivity index (χ2v) is 5.93. The van der Waals surface area contributed by atoms with Crippen molar-refractivity contribution >= 4 is 11.6 Å². The van der Waals surface area contributed by atoms with Gasteiger partial charge in [0.15, 0.2) is 0 Å². The fourth-order valence-electron chi connectivity index (χ4n) is 1.40. The van der Waals surface area contributed by atoms with Crippen molar-refractivity contribution in [3.05, 3.63) is 11.9 Å². The molecule has 1 aromatic rings. The fourth-order valence-corrected chi connectivity index (χ4v) is 1.40. The first-order chi connectivity index (χ1) is 7.78. The Hall–Kier alpha value is -1.32. The third-order valence-electron chi connectivity index (χ3n) is 2.46. The zero-order valence-corrected chi connectivity index (χ0v) is 11.5. The number of aromatic nitrogens is 2. The Balaban J connectivity index is 2.65. The van der Waals surface area contributed by atoms with Crippen LogP contribution in [0.4, 0.5) is 11.6 Å². The Kier molecular flexibility index (Phi) is 4.32. The van der Waals surface area contributed by atoms with E-state index in [1.54, 1.807) is 6.07 Å². The van der Waals surface area contributed by atoms with Gasteiger partial charge >= 0.3 is 0 Å². The molecule has 0 bridgehead atoms. The number of rotatable bonds is 4. The molecule has 0 aliphatic heterocycles. The molecule has 17 heavy (non-hydrogen) atoms. The molecule has 0 spiro atoms. The molecular formula is C13H24N4. The van der Waals surface area contributed by atoms with Gasteiger partial charge in [-0.1, -0.05) is 34.6 Å². The number of nitrogens with one attached hydrogen (secondary N) is 1. The second-order valence-electron chi connectivity index (χ2n) is 5.93. The average Bonchev–Trinajstić information content (AvgIpc) is 2.14.